The fraction of sp³-hybridized carbons (Fsp3) is 0.889. The molecule has 1 atom stereocenters. The van der Waals surface area contributed by atoms with Crippen LogP contribution in [0.5, 0.6) is 0 Å². The number of oxime groups is 1. The van der Waals surface area contributed by atoms with Gasteiger partial charge < -0.3 is 9.69 Å². The first-order valence-corrected chi connectivity index (χ1v) is 4.54. The first kappa shape index (κ1) is 9.52. The topological polar surface area (TPSA) is 32.6 Å². The van der Waals surface area contributed by atoms with Crippen molar-refractivity contribution in [3.05, 3.63) is 0 Å². The van der Waals surface area contributed by atoms with Gasteiger partial charge in [0.05, 0.1) is 33.4 Å². The van der Waals surface area contributed by atoms with Gasteiger partial charge in [0.15, 0.2) is 0 Å². The van der Waals surface area contributed by atoms with E-state index in [1.54, 1.807) is 0 Å². The molecule has 0 saturated heterocycles. The normalized spacial score (nSPS) is 28.2. The average molecular weight is 171 g/mol. The summed E-state index contributed by atoms with van der Waals surface area (Å²) < 4.78 is 0.948. The molecule has 0 unspecified atom stereocenters. The maximum atomic E-state index is 8.71. The van der Waals surface area contributed by atoms with Crippen molar-refractivity contribution in [1.29, 1.82) is 0 Å². The molecule has 1 fully saturated rings. The highest BCUT2D eigenvalue weighted by Crippen LogP contribution is 2.24. The van der Waals surface area contributed by atoms with E-state index >= 15 is 0 Å². The van der Waals surface area contributed by atoms with E-state index in [1.165, 1.54) is 12.8 Å². The summed E-state index contributed by atoms with van der Waals surface area (Å²) in [6.45, 7) is 1.08. The summed E-state index contributed by atoms with van der Waals surface area (Å²) in [5.74, 6) is 0.509. The number of quaternary nitrogens is 1. The fourth-order valence-electron chi connectivity index (χ4n) is 1.89. The molecule has 3 heteroatoms. The van der Waals surface area contributed by atoms with Crippen LogP contribution in [0.15, 0.2) is 5.16 Å². The summed E-state index contributed by atoms with van der Waals surface area (Å²) >= 11 is 0. The van der Waals surface area contributed by atoms with Crippen molar-refractivity contribution in [3.8, 4) is 0 Å². The van der Waals surface area contributed by atoms with E-state index in [-0.39, 0.29) is 0 Å². The molecule has 0 spiro atoms. The third-order valence-electron chi connectivity index (χ3n) is 2.35. The van der Waals surface area contributed by atoms with E-state index in [1.807, 2.05) is 0 Å². The Balaban J connectivity index is 2.52. The quantitative estimate of drug-likeness (QED) is 0.379. The smallest absolute Gasteiger partial charge is 0.0863 e. The molecule has 1 rings (SSSR count). The lowest BCUT2D eigenvalue weighted by atomic mass is 10.1. The van der Waals surface area contributed by atoms with Gasteiger partial charge in [0.1, 0.15) is 0 Å². The zero-order valence-electron chi connectivity index (χ0n) is 8.25. The van der Waals surface area contributed by atoms with E-state index < -0.39 is 0 Å². The molecule has 12 heavy (non-hydrogen) atoms. The van der Waals surface area contributed by atoms with E-state index in [2.05, 4.69) is 26.3 Å². The molecule has 0 aromatic carbocycles. The summed E-state index contributed by atoms with van der Waals surface area (Å²) in [5, 5.41) is 12.1. The monoisotopic (exact) mass is 171 g/mol. The SMILES string of the molecule is C[N+](C)(C)C[C@@H]1CCC/C1=N/O. The molecular formula is C9H19N2O+. The van der Waals surface area contributed by atoms with Crippen LogP contribution in [0, 0.1) is 5.92 Å². The largest absolute Gasteiger partial charge is 0.411 e. The van der Waals surface area contributed by atoms with Crippen LogP contribution in [0.25, 0.3) is 0 Å². The van der Waals surface area contributed by atoms with Crippen molar-refractivity contribution in [2.24, 2.45) is 11.1 Å². The molecule has 3 nitrogen and oxygen atoms in total. The third kappa shape index (κ3) is 2.48. The van der Waals surface area contributed by atoms with Gasteiger partial charge in [0, 0.05) is 5.92 Å². The number of hydrogen-bond acceptors (Lipinski definition) is 2. The second-order valence-corrected chi connectivity index (χ2v) is 4.65. The number of nitrogens with zero attached hydrogens (tertiary/aromatic N) is 2. The second kappa shape index (κ2) is 3.44. The van der Waals surface area contributed by atoms with E-state index in [0.717, 1.165) is 23.2 Å². The molecule has 1 aliphatic rings. The molecule has 1 saturated carbocycles. The Morgan fingerprint density at radius 1 is 1.50 bits per heavy atom. The fourth-order valence-corrected chi connectivity index (χ4v) is 1.89. The van der Waals surface area contributed by atoms with Gasteiger partial charge in [-0.15, -0.1) is 0 Å². The highest BCUT2D eigenvalue weighted by Gasteiger charge is 2.28. The van der Waals surface area contributed by atoms with E-state index in [0.29, 0.717) is 5.92 Å². The van der Waals surface area contributed by atoms with Crippen molar-refractivity contribution in [2.45, 2.75) is 19.3 Å². The number of rotatable bonds is 2. The van der Waals surface area contributed by atoms with Gasteiger partial charge in [0.25, 0.3) is 0 Å². The summed E-state index contributed by atoms with van der Waals surface area (Å²) in [4.78, 5) is 0. The van der Waals surface area contributed by atoms with Gasteiger partial charge in [-0.2, -0.15) is 0 Å². The molecule has 0 aliphatic heterocycles. The Hall–Kier alpha value is -0.570. The lowest BCUT2D eigenvalue weighted by molar-refractivity contribution is -0.872. The highest BCUT2D eigenvalue weighted by atomic mass is 16.4. The summed E-state index contributed by atoms with van der Waals surface area (Å²) in [7, 11) is 6.52. The molecular weight excluding hydrogens is 152 g/mol. The summed E-state index contributed by atoms with van der Waals surface area (Å²) in [5.41, 5.74) is 1.00. The maximum Gasteiger partial charge on any atom is 0.0863 e. The van der Waals surface area contributed by atoms with E-state index in [9.17, 15) is 0 Å². The first-order chi connectivity index (χ1) is 5.53. The minimum absolute atomic E-state index is 0.509. The predicted molar refractivity (Wildman–Crippen MR) is 49.5 cm³/mol. The second-order valence-electron chi connectivity index (χ2n) is 4.65. The molecule has 0 amide bonds. The van der Waals surface area contributed by atoms with Crippen LogP contribution < -0.4 is 0 Å². The van der Waals surface area contributed by atoms with E-state index in [4.69, 9.17) is 5.21 Å². The minimum Gasteiger partial charge on any atom is -0.411 e. The maximum absolute atomic E-state index is 8.71. The summed E-state index contributed by atoms with van der Waals surface area (Å²) in [6.07, 6.45) is 3.36. The average Bonchev–Trinajstić information content (AvgIpc) is 2.31. The van der Waals surface area contributed by atoms with Gasteiger partial charge in [-0.3, -0.25) is 0 Å². The third-order valence-corrected chi connectivity index (χ3v) is 2.35. The van der Waals surface area contributed by atoms with Crippen molar-refractivity contribution >= 4 is 5.71 Å². The molecule has 1 N–H and O–H groups in total. The molecule has 0 aromatic heterocycles. The Morgan fingerprint density at radius 3 is 2.67 bits per heavy atom. The molecule has 0 aromatic rings. The van der Waals surface area contributed by atoms with Crippen LogP contribution in [0.3, 0.4) is 0 Å². The van der Waals surface area contributed by atoms with Gasteiger partial charge in [-0.1, -0.05) is 5.16 Å². The standard InChI is InChI=1S/C9H18N2O/c1-11(2,3)7-8-5-4-6-9(8)10-12/h8H,4-7H2,1-3H3/p+1/b10-9-/t8-/m0/s1. The lowest BCUT2D eigenvalue weighted by Gasteiger charge is -2.27. The van der Waals surface area contributed by atoms with Gasteiger partial charge >= 0.3 is 0 Å². The highest BCUT2D eigenvalue weighted by molar-refractivity contribution is 5.88. The van der Waals surface area contributed by atoms with Gasteiger partial charge in [-0.25, -0.2) is 0 Å². The van der Waals surface area contributed by atoms with Crippen molar-refractivity contribution in [2.75, 3.05) is 27.7 Å². The van der Waals surface area contributed by atoms with Crippen LogP contribution in [0.1, 0.15) is 19.3 Å². The van der Waals surface area contributed by atoms with Crippen LogP contribution in [0.2, 0.25) is 0 Å². The Labute approximate surface area is 74.3 Å². The van der Waals surface area contributed by atoms with Crippen LogP contribution in [0.4, 0.5) is 0 Å². The Bertz CT molecular complexity index is 181. The summed E-state index contributed by atoms with van der Waals surface area (Å²) in [6, 6.07) is 0. The first-order valence-electron chi connectivity index (χ1n) is 4.54. The molecule has 1 aliphatic carbocycles. The van der Waals surface area contributed by atoms with Crippen LogP contribution >= 0.6 is 0 Å². The number of hydrogen-bond donors (Lipinski definition) is 1. The van der Waals surface area contributed by atoms with Gasteiger partial charge in [0.2, 0.25) is 0 Å². The molecule has 0 heterocycles. The Kier molecular flexibility index (Phi) is 2.73. The molecule has 0 bridgehead atoms. The Morgan fingerprint density at radius 2 is 2.17 bits per heavy atom. The van der Waals surface area contributed by atoms with Crippen molar-refractivity contribution < 1.29 is 9.69 Å². The van der Waals surface area contributed by atoms with Gasteiger partial charge in [-0.05, 0) is 19.3 Å². The lowest BCUT2D eigenvalue weighted by Crippen LogP contribution is -2.40. The molecule has 0 radical (unpaired) electrons. The van der Waals surface area contributed by atoms with Crippen molar-refractivity contribution in [1.82, 2.24) is 0 Å². The van der Waals surface area contributed by atoms with Crippen LogP contribution in [-0.4, -0.2) is 43.1 Å². The van der Waals surface area contributed by atoms with Crippen LogP contribution in [-0.2, 0) is 0 Å². The zero-order chi connectivity index (χ0) is 9.19. The minimum atomic E-state index is 0.509. The molecule has 70 valence electrons. The predicted octanol–water partition coefficient (Wildman–Crippen LogP) is 1.32. The van der Waals surface area contributed by atoms with Crippen molar-refractivity contribution in [3.63, 3.8) is 0 Å². The zero-order valence-corrected chi connectivity index (χ0v) is 8.25.